The molecule has 3 rings (SSSR count). The van der Waals surface area contributed by atoms with Gasteiger partial charge in [0.2, 0.25) is 11.8 Å². The van der Waals surface area contributed by atoms with Crippen LogP contribution in [0.2, 0.25) is 0 Å². The van der Waals surface area contributed by atoms with Crippen LogP contribution in [0.1, 0.15) is 70.9 Å². The Morgan fingerprint density at radius 1 is 1.30 bits per heavy atom. The monoisotopic (exact) mass is 453 g/mol. The summed E-state index contributed by atoms with van der Waals surface area (Å²) in [5.74, 6) is -0.595. The van der Waals surface area contributed by atoms with Gasteiger partial charge in [0.15, 0.2) is 0 Å². The van der Waals surface area contributed by atoms with Crippen LogP contribution in [-0.4, -0.2) is 42.7 Å². The fourth-order valence-electron chi connectivity index (χ4n) is 5.28. The molecule has 0 unspecified atom stereocenters. The molecule has 2 aliphatic rings. The average Bonchev–Trinajstić information content (AvgIpc) is 3.08. The fraction of sp³-hybridized carbons (Fsp3) is 0.556. The lowest BCUT2D eigenvalue weighted by Gasteiger charge is -2.34. The number of allylic oxidation sites excluding steroid dienone is 3. The van der Waals surface area contributed by atoms with Crippen LogP contribution in [0.5, 0.6) is 0 Å². The van der Waals surface area contributed by atoms with Crippen molar-refractivity contribution >= 4 is 23.2 Å². The van der Waals surface area contributed by atoms with Gasteiger partial charge in [0.1, 0.15) is 6.04 Å². The zero-order chi connectivity index (χ0) is 24.5. The number of anilines is 2. The summed E-state index contributed by atoms with van der Waals surface area (Å²) in [6.07, 6.45) is 6.35. The number of aliphatic hydroxyl groups excluding tert-OH is 1. The first-order valence-electron chi connectivity index (χ1n) is 11.9. The van der Waals surface area contributed by atoms with Crippen molar-refractivity contribution in [2.24, 2.45) is 5.92 Å². The molecule has 4 atom stereocenters. The van der Waals surface area contributed by atoms with E-state index in [0.29, 0.717) is 6.42 Å². The minimum atomic E-state index is -0.480. The van der Waals surface area contributed by atoms with Crippen LogP contribution in [0.4, 0.5) is 11.4 Å². The number of likely N-dealkylation sites (N-methyl/N-ethyl adjacent to an activating group) is 1. The molecule has 33 heavy (non-hydrogen) atoms. The Bertz CT molecular complexity index is 964. The van der Waals surface area contributed by atoms with Crippen molar-refractivity contribution in [1.82, 2.24) is 5.32 Å². The highest BCUT2D eigenvalue weighted by Crippen LogP contribution is 2.49. The Kier molecular flexibility index (Phi) is 7.37. The Hall–Kier alpha value is -2.60. The van der Waals surface area contributed by atoms with Gasteiger partial charge >= 0.3 is 0 Å². The molecule has 2 aliphatic heterocycles. The van der Waals surface area contributed by atoms with E-state index in [1.807, 2.05) is 37.9 Å². The summed E-state index contributed by atoms with van der Waals surface area (Å²) in [4.78, 5) is 28.3. The molecule has 2 amide bonds. The summed E-state index contributed by atoms with van der Waals surface area (Å²) in [5, 5.41) is 16.1. The summed E-state index contributed by atoms with van der Waals surface area (Å²) >= 11 is 0. The molecule has 1 aromatic rings. The summed E-state index contributed by atoms with van der Waals surface area (Å²) in [6.45, 7) is 14.3. The lowest BCUT2D eigenvalue weighted by Crippen LogP contribution is -2.51. The van der Waals surface area contributed by atoms with Crippen LogP contribution in [0.25, 0.3) is 0 Å². The Morgan fingerprint density at radius 2 is 2.00 bits per heavy atom. The summed E-state index contributed by atoms with van der Waals surface area (Å²) < 4.78 is 0. The first-order valence-corrected chi connectivity index (χ1v) is 11.9. The van der Waals surface area contributed by atoms with Crippen molar-refractivity contribution in [3.05, 3.63) is 47.6 Å². The third kappa shape index (κ3) is 4.72. The van der Waals surface area contributed by atoms with Crippen molar-refractivity contribution in [2.45, 2.75) is 77.3 Å². The fourth-order valence-corrected chi connectivity index (χ4v) is 5.28. The molecule has 0 aliphatic carbocycles. The summed E-state index contributed by atoms with van der Waals surface area (Å²) in [6, 6.07) is 3.24. The number of rotatable bonds is 7. The number of hydrogen-bond acceptors (Lipinski definition) is 4. The largest absolute Gasteiger partial charge is 0.394 e. The number of hydrogen-bond donors (Lipinski definition) is 3. The van der Waals surface area contributed by atoms with Crippen LogP contribution in [0, 0.1) is 5.92 Å². The highest BCUT2D eigenvalue weighted by Gasteiger charge is 2.42. The zero-order valence-corrected chi connectivity index (χ0v) is 20.9. The molecule has 2 heterocycles. The lowest BCUT2D eigenvalue weighted by molar-refractivity contribution is -0.124. The second-order valence-corrected chi connectivity index (χ2v) is 10.3. The van der Waals surface area contributed by atoms with E-state index in [0.717, 1.165) is 35.3 Å². The van der Waals surface area contributed by atoms with E-state index in [4.69, 9.17) is 0 Å². The van der Waals surface area contributed by atoms with Gasteiger partial charge in [-0.2, -0.15) is 0 Å². The van der Waals surface area contributed by atoms with Crippen molar-refractivity contribution in [3.8, 4) is 0 Å². The van der Waals surface area contributed by atoms with Crippen molar-refractivity contribution in [2.75, 3.05) is 23.9 Å². The molecule has 180 valence electrons. The first-order chi connectivity index (χ1) is 15.5. The third-order valence-corrected chi connectivity index (χ3v) is 7.20. The maximum absolute atomic E-state index is 13.2. The minimum absolute atomic E-state index is 0.0498. The van der Waals surface area contributed by atoms with Crippen LogP contribution in [0.15, 0.2) is 36.4 Å². The number of benzene rings is 1. The number of nitrogens with one attached hydrogen (secondary N) is 2. The van der Waals surface area contributed by atoms with Gasteiger partial charge in [-0.15, -0.1) is 6.58 Å². The number of amides is 2. The van der Waals surface area contributed by atoms with E-state index < -0.39 is 18.0 Å². The van der Waals surface area contributed by atoms with Crippen LogP contribution in [-0.2, 0) is 15.0 Å². The van der Waals surface area contributed by atoms with Gasteiger partial charge in [0.25, 0.3) is 0 Å². The summed E-state index contributed by atoms with van der Waals surface area (Å²) in [7, 11) is 1.92. The van der Waals surface area contributed by atoms with E-state index in [-0.39, 0.29) is 29.8 Å². The third-order valence-electron chi connectivity index (χ3n) is 7.20. The first kappa shape index (κ1) is 25.0. The van der Waals surface area contributed by atoms with Gasteiger partial charge in [-0.3, -0.25) is 9.59 Å². The number of carbonyl (C=O) groups is 2. The molecule has 0 saturated heterocycles. The second-order valence-electron chi connectivity index (χ2n) is 10.3. The molecule has 1 aromatic carbocycles. The van der Waals surface area contributed by atoms with Crippen molar-refractivity contribution in [1.29, 1.82) is 0 Å². The number of nitrogens with zero attached hydrogens (tertiary/aromatic N) is 1. The topological polar surface area (TPSA) is 81.7 Å². The van der Waals surface area contributed by atoms with Gasteiger partial charge in [-0.05, 0) is 50.7 Å². The Labute approximate surface area is 198 Å². The quantitative estimate of drug-likeness (QED) is 0.539. The number of aliphatic hydroxyl groups is 1. The normalized spacial score (nSPS) is 24.1. The average molecular weight is 454 g/mol. The molecule has 0 fully saturated rings. The molecule has 6 heteroatoms. The molecule has 3 N–H and O–H groups in total. The van der Waals surface area contributed by atoms with E-state index in [1.165, 1.54) is 5.57 Å². The van der Waals surface area contributed by atoms with Gasteiger partial charge in [-0.1, -0.05) is 44.6 Å². The standard InChI is InChI=1S/C27H39N3O3/c1-8-27(6,13-9-10-16(2)3)20-11-12-21-22-19(25(32)29-23(20)22)14-18(15-31)28-26(33)24(17(4)5)30(21)7/h8,10-12,17-19,24,31H,1,9,13-15H2,2-7H3,(H,28,33)(H,29,32)/t18-,19+,24-,27-/m0/s1. The van der Waals surface area contributed by atoms with Gasteiger partial charge in [-0.25, -0.2) is 0 Å². The van der Waals surface area contributed by atoms with E-state index in [9.17, 15) is 14.7 Å². The zero-order valence-electron chi connectivity index (χ0n) is 20.9. The molecular formula is C27H39N3O3. The van der Waals surface area contributed by atoms with Crippen LogP contribution < -0.4 is 15.5 Å². The van der Waals surface area contributed by atoms with E-state index in [1.54, 1.807) is 0 Å². The minimum Gasteiger partial charge on any atom is -0.394 e. The van der Waals surface area contributed by atoms with Gasteiger partial charge in [0, 0.05) is 23.7 Å². The summed E-state index contributed by atoms with van der Waals surface area (Å²) in [5.41, 5.74) is 4.65. The van der Waals surface area contributed by atoms with Crippen LogP contribution in [0.3, 0.4) is 0 Å². The van der Waals surface area contributed by atoms with Gasteiger partial charge in [0.05, 0.1) is 24.3 Å². The SMILES string of the molecule is C=C[C@@](C)(CCC=C(C)C)c1ccc2c3c1NC(=O)[C@@H]3C[C@@H](CO)NC(=O)[C@H](C(C)C)N2C. The van der Waals surface area contributed by atoms with Crippen molar-refractivity contribution < 1.29 is 14.7 Å². The van der Waals surface area contributed by atoms with E-state index >= 15 is 0 Å². The second kappa shape index (κ2) is 9.72. The predicted molar refractivity (Wildman–Crippen MR) is 135 cm³/mol. The smallest absolute Gasteiger partial charge is 0.243 e. The lowest BCUT2D eigenvalue weighted by atomic mass is 9.76. The number of carbonyl (C=O) groups excluding carboxylic acids is 2. The maximum Gasteiger partial charge on any atom is 0.243 e. The predicted octanol–water partition coefficient (Wildman–Crippen LogP) is 4.25. The molecular weight excluding hydrogens is 414 g/mol. The highest BCUT2D eigenvalue weighted by molar-refractivity contribution is 6.06. The Balaban J connectivity index is 2.19. The highest BCUT2D eigenvalue weighted by atomic mass is 16.3. The van der Waals surface area contributed by atoms with Crippen LogP contribution >= 0.6 is 0 Å². The van der Waals surface area contributed by atoms with E-state index in [2.05, 4.69) is 50.1 Å². The molecule has 6 nitrogen and oxygen atoms in total. The Morgan fingerprint density at radius 3 is 2.58 bits per heavy atom. The molecule has 0 bridgehead atoms. The molecule has 0 radical (unpaired) electrons. The molecule has 0 saturated carbocycles. The van der Waals surface area contributed by atoms with Crippen molar-refractivity contribution in [3.63, 3.8) is 0 Å². The van der Waals surface area contributed by atoms with Gasteiger partial charge < -0.3 is 20.6 Å². The molecule has 0 aromatic heterocycles. The molecule has 0 spiro atoms. The maximum atomic E-state index is 13.2.